The molecular formula is C13H20ClN3O2. The molecule has 1 saturated heterocycles. The smallest absolute Gasteiger partial charge is 0.339 e. The molecule has 0 amide bonds. The minimum atomic E-state index is -0.352. The predicted octanol–water partition coefficient (Wildman–Crippen LogP) is 1.21. The van der Waals surface area contributed by atoms with Crippen molar-refractivity contribution in [2.24, 2.45) is 5.73 Å². The van der Waals surface area contributed by atoms with Gasteiger partial charge >= 0.3 is 5.97 Å². The average Bonchev–Trinajstić information content (AvgIpc) is 2.86. The normalized spacial score (nSPS) is 18.9. The van der Waals surface area contributed by atoms with E-state index in [0.29, 0.717) is 18.2 Å². The van der Waals surface area contributed by atoms with Gasteiger partial charge in [-0.1, -0.05) is 0 Å². The summed E-state index contributed by atoms with van der Waals surface area (Å²) in [7, 11) is 1.37. The minimum absolute atomic E-state index is 0. The summed E-state index contributed by atoms with van der Waals surface area (Å²) in [6.45, 7) is 2.56. The monoisotopic (exact) mass is 285 g/mol. The first-order valence-electron chi connectivity index (χ1n) is 6.22. The van der Waals surface area contributed by atoms with Crippen molar-refractivity contribution in [1.82, 2.24) is 9.88 Å². The summed E-state index contributed by atoms with van der Waals surface area (Å²) in [5, 5.41) is 0. The van der Waals surface area contributed by atoms with Gasteiger partial charge in [0.25, 0.3) is 0 Å². The zero-order valence-corrected chi connectivity index (χ0v) is 11.9. The minimum Gasteiger partial charge on any atom is -0.465 e. The van der Waals surface area contributed by atoms with Crippen molar-refractivity contribution in [1.29, 1.82) is 0 Å². The van der Waals surface area contributed by atoms with E-state index in [9.17, 15) is 4.79 Å². The molecule has 1 atom stereocenters. The van der Waals surface area contributed by atoms with E-state index in [1.54, 1.807) is 12.3 Å². The van der Waals surface area contributed by atoms with Gasteiger partial charge in [-0.15, -0.1) is 12.4 Å². The predicted molar refractivity (Wildman–Crippen MR) is 75.3 cm³/mol. The van der Waals surface area contributed by atoms with Crippen molar-refractivity contribution in [3.8, 4) is 0 Å². The van der Waals surface area contributed by atoms with Gasteiger partial charge in [0.2, 0.25) is 0 Å². The van der Waals surface area contributed by atoms with Crippen molar-refractivity contribution in [2.45, 2.75) is 25.4 Å². The Bertz CT molecular complexity index is 411. The molecule has 1 aromatic rings. The third-order valence-corrected chi connectivity index (χ3v) is 3.38. The number of hydrogen-bond donors (Lipinski definition) is 1. The molecule has 2 rings (SSSR count). The molecule has 106 valence electrons. The molecule has 0 spiro atoms. The van der Waals surface area contributed by atoms with Gasteiger partial charge in [0, 0.05) is 25.3 Å². The first kappa shape index (κ1) is 15.9. The molecule has 0 bridgehead atoms. The fourth-order valence-electron chi connectivity index (χ4n) is 2.33. The number of carbonyl (C=O) groups is 1. The van der Waals surface area contributed by atoms with Crippen LogP contribution in [0.1, 0.15) is 28.9 Å². The van der Waals surface area contributed by atoms with E-state index in [2.05, 4.69) is 14.6 Å². The molecule has 0 aromatic carbocycles. The van der Waals surface area contributed by atoms with Crippen LogP contribution in [0.2, 0.25) is 0 Å². The van der Waals surface area contributed by atoms with Crippen molar-refractivity contribution < 1.29 is 9.53 Å². The first-order chi connectivity index (χ1) is 8.74. The molecule has 1 aliphatic rings. The second-order valence-corrected chi connectivity index (χ2v) is 4.53. The molecule has 1 unspecified atom stereocenters. The van der Waals surface area contributed by atoms with E-state index in [0.717, 1.165) is 25.2 Å². The van der Waals surface area contributed by atoms with E-state index in [-0.39, 0.29) is 18.4 Å². The average molecular weight is 286 g/mol. The zero-order chi connectivity index (χ0) is 13.0. The Morgan fingerprint density at radius 3 is 2.95 bits per heavy atom. The molecule has 0 aliphatic carbocycles. The quantitative estimate of drug-likeness (QED) is 0.842. The highest BCUT2D eigenvalue weighted by molar-refractivity contribution is 5.88. The van der Waals surface area contributed by atoms with Crippen molar-refractivity contribution in [3.63, 3.8) is 0 Å². The lowest BCUT2D eigenvalue weighted by Gasteiger charge is -2.22. The molecule has 1 fully saturated rings. The van der Waals surface area contributed by atoms with Crippen LogP contribution in [0.15, 0.2) is 18.3 Å². The molecule has 6 heteroatoms. The van der Waals surface area contributed by atoms with Crippen LogP contribution < -0.4 is 5.73 Å². The highest BCUT2D eigenvalue weighted by atomic mass is 35.5. The van der Waals surface area contributed by atoms with E-state index < -0.39 is 0 Å². The summed E-state index contributed by atoms with van der Waals surface area (Å²) in [6, 6.07) is 4.09. The molecule has 19 heavy (non-hydrogen) atoms. The van der Waals surface area contributed by atoms with Gasteiger partial charge < -0.3 is 10.5 Å². The van der Waals surface area contributed by atoms with E-state index >= 15 is 0 Å². The maximum Gasteiger partial charge on any atom is 0.339 e. The lowest BCUT2D eigenvalue weighted by molar-refractivity contribution is 0.0600. The number of esters is 1. The van der Waals surface area contributed by atoms with Crippen LogP contribution in [-0.4, -0.2) is 42.1 Å². The number of rotatable bonds is 4. The number of methoxy groups -OCH3 is 1. The topological polar surface area (TPSA) is 68.5 Å². The zero-order valence-electron chi connectivity index (χ0n) is 11.0. The van der Waals surface area contributed by atoms with E-state index in [1.165, 1.54) is 13.5 Å². The van der Waals surface area contributed by atoms with Gasteiger partial charge in [-0.25, -0.2) is 4.79 Å². The fourth-order valence-corrected chi connectivity index (χ4v) is 2.33. The second-order valence-electron chi connectivity index (χ2n) is 4.53. The Labute approximate surface area is 119 Å². The van der Waals surface area contributed by atoms with E-state index in [1.807, 2.05) is 6.07 Å². The summed E-state index contributed by atoms with van der Waals surface area (Å²) >= 11 is 0. The second kappa shape index (κ2) is 7.43. The number of nitrogens with zero attached hydrogens (tertiary/aromatic N) is 2. The number of pyridine rings is 1. The molecule has 0 saturated carbocycles. The van der Waals surface area contributed by atoms with Gasteiger partial charge in [0.15, 0.2) is 0 Å². The number of nitrogens with two attached hydrogens (primary N) is 1. The summed E-state index contributed by atoms with van der Waals surface area (Å²) in [4.78, 5) is 17.9. The number of ether oxygens (including phenoxy) is 1. The molecule has 5 nitrogen and oxygen atoms in total. The van der Waals surface area contributed by atoms with Crippen LogP contribution in [-0.2, 0) is 11.3 Å². The summed E-state index contributed by atoms with van der Waals surface area (Å²) in [5.74, 6) is -0.352. The van der Waals surface area contributed by atoms with Crippen LogP contribution in [0.25, 0.3) is 0 Å². The third-order valence-electron chi connectivity index (χ3n) is 3.38. The molecule has 2 heterocycles. The highest BCUT2D eigenvalue weighted by Gasteiger charge is 2.23. The van der Waals surface area contributed by atoms with Gasteiger partial charge in [0.1, 0.15) is 0 Å². The lowest BCUT2D eigenvalue weighted by atomic mass is 10.2. The van der Waals surface area contributed by atoms with Crippen molar-refractivity contribution in [2.75, 3.05) is 20.2 Å². The Balaban J connectivity index is 0.00000180. The van der Waals surface area contributed by atoms with Crippen LogP contribution in [0.4, 0.5) is 0 Å². The number of likely N-dealkylation sites (tertiary alicyclic amines) is 1. The number of halogens is 1. The van der Waals surface area contributed by atoms with Crippen LogP contribution in [0.3, 0.4) is 0 Å². The molecular weight excluding hydrogens is 266 g/mol. The largest absolute Gasteiger partial charge is 0.465 e. The van der Waals surface area contributed by atoms with Crippen LogP contribution in [0, 0.1) is 0 Å². The lowest BCUT2D eigenvalue weighted by Crippen LogP contribution is -2.35. The maximum atomic E-state index is 11.3. The summed E-state index contributed by atoms with van der Waals surface area (Å²) in [5.41, 5.74) is 7.18. The Kier molecular flexibility index (Phi) is 6.21. The Morgan fingerprint density at radius 2 is 2.37 bits per heavy atom. The Morgan fingerprint density at radius 1 is 1.58 bits per heavy atom. The fraction of sp³-hybridized carbons (Fsp3) is 0.538. The van der Waals surface area contributed by atoms with Crippen molar-refractivity contribution >= 4 is 18.4 Å². The molecule has 1 aromatic heterocycles. The van der Waals surface area contributed by atoms with Gasteiger partial charge in [-0.2, -0.15) is 0 Å². The Hall–Kier alpha value is -1.17. The molecule has 1 aliphatic heterocycles. The van der Waals surface area contributed by atoms with Crippen LogP contribution >= 0.6 is 12.4 Å². The third kappa shape index (κ3) is 3.89. The number of carbonyl (C=O) groups excluding carboxylic acids is 1. The number of aromatic nitrogens is 1. The molecule has 0 radical (unpaired) electrons. The highest BCUT2D eigenvalue weighted by Crippen LogP contribution is 2.18. The number of hydrogen-bond acceptors (Lipinski definition) is 5. The molecule has 2 N–H and O–H groups in total. The first-order valence-corrected chi connectivity index (χ1v) is 6.22. The summed E-state index contributed by atoms with van der Waals surface area (Å²) < 4.78 is 4.64. The van der Waals surface area contributed by atoms with E-state index in [4.69, 9.17) is 5.73 Å². The maximum absolute atomic E-state index is 11.3. The van der Waals surface area contributed by atoms with Crippen molar-refractivity contribution in [3.05, 3.63) is 29.6 Å². The standard InChI is InChI=1S/C13H19N3O2.ClH/c1-18-13(17)10-4-5-11(15-8-10)9-16-6-2-3-12(16)7-14;/h4-5,8,12H,2-3,6-7,9,14H2,1H3;1H. The van der Waals surface area contributed by atoms with Gasteiger partial charge in [0.05, 0.1) is 18.4 Å². The summed E-state index contributed by atoms with van der Waals surface area (Å²) in [6.07, 6.45) is 3.92. The SMILES string of the molecule is COC(=O)c1ccc(CN2CCCC2CN)nc1.Cl. The van der Waals surface area contributed by atoms with Gasteiger partial charge in [-0.05, 0) is 31.5 Å². The van der Waals surface area contributed by atoms with Crippen LogP contribution in [0.5, 0.6) is 0 Å². The van der Waals surface area contributed by atoms with Gasteiger partial charge in [-0.3, -0.25) is 9.88 Å².